The molecule has 0 unspecified atom stereocenters. The number of rotatable bonds is 6. The predicted octanol–water partition coefficient (Wildman–Crippen LogP) is 4.10. The van der Waals surface area contributed by atoms with Gasteiger partial charge in [-0.05, 0) is 43.0 Å². The van der Waals surface area contributed by atoms with Gasteiger partial charge in [0.1, 0.15) is 11.3 Å². The van der Waals surface area contributed by atoms with Crippen molar-refractivity contribution in [1.29, 1.82) is 0 Å². The van der Waals surface area contributed by atoms with Crippen LogP contribution in [0.15, 0.2) is 77.2 Å². The van der Waals surface area contributed by atoms with Crippen LogP contribution in [-0.4, -0.2) is 54.7 Å². The highest BCUT2D eigenvalue weighted by atomic mass is 35.5. The van der Waals surface area contributed by atoms with Crippen LogP contribution in [0, 0.1) is 5.92 Å². The summed E-state index contributed by atoms with van der Waals surface area (Å²) in [7, 11) is -2.81. The molecule has 2 bridgehead atoms. The summed E-state index contributed by atoms with van der Waals surface area (Å²) in [5.41, 5.74) is 0.217. The Morgan fingerprint density at radius 1 is 1.11 bits per heavy atom. The molecule has 0 saturated carbocycles. The van der Waals surface area contributed by atoms with E-state index >= 15 is 0 Å². The zero-order valence-electron chi connectivity index (χ0n) is 20.1. The second-order valence-electron chi connectivity index (χ2n) is 9.28. The van der Waals surface area contributed by atoms with E-state index in [9.17, 15) is 18.0 Å². The highest BCUT2D eigenvalue weighted by molar-refractivity contribution is 7.90. The van der Waals surface area contributed by atoms with E-state index in [2.05, 4.69) is 6.08 Å². The van der Waals surface area contributed by atoms with Gasteiger partial charge in [-0.15, -0.1) is 11.6 Å². The van der Waals surface area contributed by atoms with Crippen LogP contribution in [0.25, 0.3) is 10.9 Å². The van der Waals surface area contributed by atoms with Gasteiger partial charge in [0.2, 0.25) is 5.91 Å². The maximum absolute atomic E-state index is 14.1. The molecule has 3 aromatic rings. The number of aromatic nitrogens is 1. The second kappa shape index (κ2) is 9.09. The number of amides is 1. The Morgan fingerprint density at radius 2 is 1.81 bits per heavy atom. The third-order valence-corrected chi connectivity index (χ3v) is 9.36. The minimum Gasteiger partial charge on any atom is -0.468 e. The zero-order valence-corrected chi connectivity index (χ0v) is 21.6. The van der Waals surface area contributed by atoms with Crippen molar-refractivity contribution in [1.82, 2.24) is 8.87 Å². The molecule has 0 radical (unpaired) electrons. The smallest absolute Gasteiger partial charge is 0.320 e. The molecule has 1 saturated heterocycles. The van der Waals surface area contributed by atoms with Crippen molar-refractivity contribution >= 4 is 44.4 Å². The minimum absolute atomic E-state index is 0.105. The first kappa shape index (κ1) is 24.6. The number of esters is 1. The number of para-hydroxylation sites is 1. The molecule has 1 amide bonds. The number of carbonyl (C=O) groups excluding carboxylic acids is 2. The van der Waals surface area contributed by atoms with Gasteiger partial charge in [0.05, 0.1) is 29.3 Å². The first-order valence-electron chi connectivity index (χ1n) is 11.9. The number of halogens is 1. The number of hydrogen-bond acceptors (Lipinski definition) is 5. The topological polar surface area (TPSA) is 85.7 Å². The molecule has 1 fully saturated rings. The van der Waals surface area contributed by atoms with Crippen LogP contribution in [0.4, 0.5) is 0 Å². The summed E-state index contributed by atoms with van der Waals surface area (Å²) in [4.78, 5) is 28.6. The summed E-state index contributed by atoms with van der Waals surface area (Å²) in [5.74, 6) is -1.26. The fourth-order valence-corrected chi connectivity index (χ4v) is 7.76. The highest BCUT2D eigenvalue weighted by Gasteiger charge is 2.61. The monoisotopic (exact) mass is 526 g/mol. The molecule has 3 atom stereocenters. The molecule has 1 aromatic heterocycles. The fraction of sp³-hybridized carbons (Fsp3) is 0.333. The molecule has 2 aliphatic heterocycles. The number of alkyl halides is 1. The van der Waals surface area contributed by atoms with Crippen LogP contribution in [-0.2, 0) is 29.8 Å². The maximum Gasteiger partial charge on any atom is 0.320 e. The number of fused-ring (bicyclic) bond motifs is 3. The van der Waals surface area contributed by atoms with E-state index in [0.29, 0.717) is 36.0 Å². The molecule has 188 valence electrons. The van der Waals surface area contributed by atoms with E-state index in [1.54, 1.807) is 41.3 Å². The van der Waals surface area contributed by atoms with Gasteiger partial charge in [-0.1, -0.05) is 55.0 Å². The van der Waals surface area contributed by atoms with Gasteiger partial charge in [-0.25, -0.2) is 12.4 Å². The average molecular weight is 527 g/mol. The molecule has 9 heteroatoms. The fourth-order valence-electron chi connectivity index (χ4n) is 5.99. The summed E-state index contributed by atoms with van der Waals surface area (Å²) in [5, 5.41) is 0.675. The van der Waals surface area contributed by atoms with Crippen molar-refractivity contribution in [3.05, 3.63) is 78.0 Å². The number of benzene rings is 2. The summed E-state index contributed by atoms with van der Waals surface area (Å²) in [6.45, 7) is 2.39. The Labute approximate surface area is 215 Å². The average Bonchev–Trinajstić information content (AvgIpc) is 3.33. The first-order valence-corrected chi connectivity index (χ1v) is 13.8. The predicted molar refractivity (Wildman–Crippen MR) is 137 cm³/mol. The molecular weight excluding hydrogens is 500 g/mol. The van der Waals surface area contributed by atoms with Crippen LogP contribution in [0.3, 0.4) is 0 Å². The van der Waals surface area contributed by atoms with Gasteiger partial charge < -0.3 is 9.64 Å². The zero-order chi connectivity index (χ0) is 25.7. The van der Waals surface area contributed by atoms with Crippen LogP contribution >= 0.6 is 11.6 Å². The lowest BCUT2D eigenvalue weighted by atomic mass is 9.60. The Bertz CT molecular complexity index is 1480. The van der Waals surface area contributed by atoms with Crippen molar-refractivity contribution in [2.24, 2.45) is 5.92 Å². The quantitative estimate of drug-likeness (QED) is 0.274. The van der Waals surface area contributed by atoms with Crippen LogP contribution in [0.2, 0.25) is 0 Å². The lowest BCUT2D eigenvalue weighted by Crippen LogP contribution is -2.66. The molecule has 0 N–H and O–H groups in total. The van der Waals surface area contributed by atoms with Crippen molar-refractivity contribution < 1.29 is 22.7 Å². The number of hydrogen-bond donors (Lipinski definition) is 0. The molecule has 6 rings (SSSR count). The molecule has 3 heterocycles. The van der Waals surface area contributed by atoms with E-state index in [0.717, 1.165) is 5.57 Å². The SMILES string of the molecule is CCC1=C[C@@H]2CN(C(=O)CCl)[C@H]1[C@@](C(=O)OC)(c1cc3ccccc3n1S(=O)(=O)c1ccccc1)C2. The van der Waals surface area contributed by atoms with Crippen LogP contribution in [0.1, 0.15) is 25.5 Å². The highest BCUT2D eigenvalue weighted by Crippen LogP contribution is 2.51. The summed E-state index contributed by atoms with van der Waals surface area (Å²) in [6, 6.07) is 16.3. The molecule has 3 aliphatic rings. The van der Waals surface area contributed by atoms with Crippen molar-refractivity contribution in [2.75, 3.05) is 19.5 Å². The van der Waals surface area contributed by atoms with E-state index in [-0.39, 0.29) is 22.6 Å². The molecular formula is C27H27ClN2O5S. The lowest BCUT2D eigenvalue weighted by molar-refractivity contribution is -0.157. The third-order valence-electron chi connectivity index (χ3n) is 7.39. The molecule has 2 aromatic carbocycles. The molecule has 1 aliphatic carbocycles. The molecule has 36 heavy (non-hydrogen) atoms. The van der Waals surface area contributed by atoms with E-state index in [1.165, 1.54) is 23.2 Å². The number of methoxy groups -OCH3 is 1. The van der Waals surface area contributed by atoms with Crippen LogP contribution in [0.5, 0.6) is 0 Å². The minimum atomic E-state index is -4.11. The Balaban J connectivity index is 1.87. The number of nitrogens with zero attached hydrogens (tertiary/aromatic N) is 2. The van der Waals surface area contributed by atoms with Crippen molar-refractivity contribution in [3.8, 4) is 0 Å². The number of carbonyl (C=O) groups is 2. The number of ether oxygens (including phenoxy) is 1. The van der Waals surface area contributed by atoms with Gasteiger partial charge in [-0.3, -0.25) is 9.59 Å². The third kappa shape index (κ3) is 3.50. The van der Waals surface area contributed by atoms with Gasteiger partial charge >= 0.3 is 5.97 Å². The first-order chi connectivity index (χ1) is 17.3. The lowest BCUT2D eigenvalue weighted by Gasteiger charge is -2.54. The number of piperidine rings is 1. The van der Waals surface area contributed by atoms with E-state index in [4.69, 9.17) is 16.3 Å². The van der Waals surface area contributed by atoms with Gasteiger partial charge in [0.15, 0.2) is 0 Å². The van der Waals surface area contributed by atoms with Crippen LogP contribution < -0.4 is 0 Å². The normalized spacial score (nSPS) is 23.5. The van der Waals surface area contributed by atoms with Gasteiger partial charge in [-0.2, -0.15) is 0 Å². The second-order valence-corrected chi connectivity index (χ2v) is 11.3. The summed E-state index contributed by atoms with van der Waals surface area (Å²) in [6.07, 6.45) is 3.03. The van der Waals surface area contributed by atoms with Crippen molar-refractivity contribution in [2.45, 2.75) is 36.1 Å². The maximum atomic E-state index is 14.1. The van der Waals surface area contributed by atoms with Gasteiger partial charge in [0.25, 0.3) is 10.0 Å². The summed E-state index contributed by atoms with van der Waals surface area (Å²) < 4.78 is 34.9. The van der Waals surface area contributed by atoms with E-state index in [1.807, 2.05) is 19.1 Å². The molecule has 0 spiro atoms. The largest absolute Gasteiger partial charge is 0.468 e. The van der Waals surface area contributed by atoms with E-state index < -0.39 is 27.4 Å². The Hall–Kier alpha value is -3.10. The standard InChI is InChI=1S/C27H27ClN2O5S/c1-3-19-13-18-15-27(26(32)35-2,25(19)29(17-18)24(31)16-28)23-14-20-9-7-8-12-22(20)30(23)36(33,34)21-10-5-4-6-11-21/h4-14,18,25H,3,15-17H2,1-2H3/t18-,25+,27-/m0/s1. The van der Waals surface area contributed by atoms with Gasteiger partial charge in [0, 0.05) is 11.9 Å². The van der Waals surface area contributed by atoms with Crippen molar-refractivity contribution in [3.63, 3.8) is 0 Å². The Kier molecular flexibility index (Phi) is 6.21. The Morgan fingerprint density at radius 3 is 2.47 bits per heavy atom. The molecule has 7 nitrogen and oxygen atoms in total. The summed E-state index contributed by atoms with van der Waals surface area (Å²) >= 11 is 5.99.